The van der Waals surface area contributed by atoms with Crippen LogP contribution in [0.2, 0.25) is 0 Å². The number of ether oxygens (including phenoxy) is 1. The summed E-state index contributed by atoms with van der Waals surface area (Å²) in [5.41, 5.74) is 2.62. The van der Waals surface area contributed by atoms with Crippen LogP contribution in [0.15, 0.2) is 67.0 Å². The molecule has 7 heteroatoms. The van der Waals surface area contributed by atoms with Crippen molar-refractivity contribution in [3.63, 3.8) is 0 Å². The predicted molar refractivity (Wildman–Crippen MR) is 114 cm³/mol. The molecule has 2 amide bonds. The lowest BCUT2D eigenvalue weighted by Crippen LogP contribution is -2.45. The summed E-state index contributed by atoms with van der Waals surface area (Å²) in [4.78, 5) is 28.6. The van der Waals surface area contributed by atoms with Crippen molar-refractivity contribution < 1.29 is 14.3 Å². The fourth-order valence-electron chi connectivity index (χ4n) is 3.51. The Balaban J connectivity index is 1.38. The Morgan fingerprint density at radius 1 is 1.13 bits per heavy atom. The summed E-state index contributed by atoms with van der Waals surface area (Å²) in [7, 11) is 1.76. The van der Waals surface area contributed by atoms with Crippen LogP contribution in [-0.4, -0.2) is 46.2 Å². The molecule has 1 aliphatic rings. The molecule has 2 aromatic carbocycles. The van der Waals surface area contributed by atoms with Crippen molar-refractivity contribution in [3.8, 4) is 11.4 Å². The number of nitrogens with zero attached hydrogens (tertiary/aromatic N) is 4. The molecule has 30 heavy (non-hydrogen) atoms. The summed E-state index contributed by atoms with van der Waals surface area (Å²) in [6.07, 6.45) is 3.36. The number of carbonyl (C=O) groups is 2. The van der Waals surface area contributed by atoms with Crippen LogP contribution in [0.1, 0.15) is 18.9 Å². The maximum Gasteiger partial charge on any atom is 0.267 e. The number of anilines is 1. The molecule has 1 atom stereocenters. The van der Waals surface area contributed by atoms with Gasteiger partial charge in [-0.15, -0.1) is 0 Å². The van der Waals surface area contributed by atoms with E-state index in [2.05, 4.69) is 5.10 Å². The lowest BCUT2D eigenvalue weighted by Gasteiger charge is -2.33. The number of benzene rings is 2. The van der Waals surface area contributed by atoms with Gasteiger partial charge in [0.25, 0.3) is 5.91 Å². The number of hydrogen-bond donors (Lipinski definition) is 0. The third-order valence-electron chi connectivity index (χ3n) is 5.13. The molecule has 1 aliphatic heterocycles. The molecule has 2 heterocycles. The van der Waals surface area contributed by atoms with Crippen molar-refractivity contribution in [2.45, 2.75) is 26.0 Å². The van der Waals surface area contributed by atoms with E-state index in [-0.39, 0.29) is 18.2 Å². The Kier molecular flexibility index (Phi) is 5.52. The van der Waals surface area contributed by atoms with Gasteiger partial charge < -0.3 is 14.5 Å². The van der Waals surface area contributed by atoms with E-state index >= 15 is 0 Å². The monoisotopic (exact) mass is 404 g/mol. The molecule has 0 N–H and O–H groups in total. The first-order valence-electron chi connectivity index (χ1n) is 9.93. The van der Waals surface area contributed by atoms with Gasteiger partial charge in [0.05, 0.1) is 17.6 Å². The molecule has 1 aromatic heterocycles. The van der Waals surface area contributed by atoms with Gasteiger partial charge in [-0.1, -0.05) is 30.3 Å². The summed E-state index contributed by atoms with van der Waals surface area (Å²) in [6, 6.07) is 17.2. The molecule has 0 saturated heterocycles. The van der Waals surface area contributed by atoms with Crippen LogP contribution in [0.3, 0.4) is 0 Å². The highest BCUT2D eigenvalue weighted by Gasteiger charge is 2.31. The molecule has 0 spiro atoms. The van der Waals surface area contributed by atoms with Crippen molar-refractivity contribution in [2.75, 3.05) is 18.5 Å². The molecule has 154 valence electrons. The summed E-state index contributed by atoms with van der Waals surface area (Å²) in [5, 5.41) is 4.37. The van der Waals surface area contributed by atoms with Gasteiger partial charge in [-0.05, 0) is 31.2 Å². The third kappa shape index (κ3) is 4.05. The summed E-state index contributed by atoms with van der Waals surface area (Å²) >= 11 is 0. The van der Waals surface area contributed by atoms with Gasteiger partial charge in [0, 0.05) is 38.3 Å². The van der Waals surface area contributed by atoms with Crippen LogP contribution in [0.25, 0.3) is 5.69 Å². The van der Waals surface area contributed by atoms with Crippen molar-refractivity contribution in [3.05, 3.63) is 72.6 Å². The Bertz CT molecular complexity index is 1050. The van der Waals surface area contributed by atoms with Crippen molar-refractivity contribution in [1.29, 1.82) is 0 Å². The van der Waals surface area contributed by atoms with Gasteiger partial charge in [0.15, 0.2) is 6.10 Å². The molecule has 0 aliphatic carbocycles. The standard InChI is InChI=1S/C23H24N4O3/c1-17-23(29)26(20-10-6-7-11-21(20)30-17)13-12-22(28)25(2)15-18-14-24-27(16-18)19-8-4-3-5-9-19/h3-11,14,16-17H,12-13,15H2,1-2H3. The highest BCUT2D eigenvalue weighted by molar-refractivity contribution is 6.00. The molecule has 1 unspecified atom stereocenters. The molecular formula is C23H24N4O3. The summed E-state index contributed by atoms with van der Waals surface area (Å²) < 4.78 is 7.44. The fourth-order valence-corrected chi connectivity index (χ4v) is 3.51. The molecule has 0 radical (unpaired) electrons. The van der Waals surface area contributed by atoms with Gasteiger partial charge >= 0.3 is 0 Å². The molecule has 7 nitrogen and oxygen atoms in total. The first kappa shape index (κ1) is 19.7. The number of carbonyl (C=O) groups excluding carboxylic acids is 2. The van der Waals surface area contributed by atoms with Crippen LogP contribution in [0.4, 0.5) is 5.69 Å². The van der Waals surface area contributed by atoms with Gasteiger partial charge in [-0.3, -0.25) is 9.59 Å². The third-order valence-corrected chi connectivity index (χ3v) is 5.13. The first-order chi connectivity index (χ1) is 14.5. The summed E-state index contributed by atoms with van der Waals surface area (Å²) in [6.45, 7) is 2.50. The Morgan fingerprint density at radius 2 is 1.87 bits per heavy atom. The normalized spacial score (nSPS) is 15.5. The van der Waals surface area contributed by atoms with E-state index in [4.69, 9.17) is 4.74 Å². The molecule has 0 fully saturated rings. The van der Waals surface area contributed by atoms with E-state index in [1.807, 2.05) is 60.8 Å². The Hall–Kier alpha value is -3.61. The average Bonchev–Trinajstić information content (AvgIpc) is 3.23. The van der Waals surface area contributed by atoms with E-state index in [1.54, 1.807) is 34.6 Å². The van der Waals surface area contributed by atoms with Crippen LogP contribution in [0, 0.1) is 0 Å². The maximum absolute atomic E-state index is 12.7. The fraction of sp³-hybridized carbons (Fsp3) is 0.261. The van der Waals surface area contributed by atoms with Crippen molar-refractivity contribution in [1.82, 2.24) is 14.7 Å². The SMILES string of the molecule is CC1Oc2ccccc2N(CCC(=O)N(C)Cc2cnn(-c3ccccc3)c2)C1=O. The van der Waals surface area contributed by atoms with Gasteiger partial charge in [-0.25, -0.2) is 4.68 Å². The van der Waals surface area contributed by atoms with Crippen molar-refractivity contribution >= 4 is 17.5 Å². The zero-order valence-electron chi connectivity index (χ0n) is 17.1. The smallest absolute Gasteiger partial charge is 0.267 e. The van der Waals surface area contributed by atoms with Crippen LogP contribution < -0.4 is 9.64 Å². The maximum atomic E-state index is 12.7. The minimum Gasteiger partial charge on any atom is -0.479 e. The zero-order valence-corrected chi connectivity index (χ0v) is 17.1. The van der Waals surface area contributed by atoms with Crippen LogP contribution in [0.5, 0.6) is 5.75 Å². The quantitative estimate of drug-likeness (QED) is 0.633. The number of hydrogen-bond acceptors (Lipinski definition) is 4. The molecule has 3 aromatic rings. The molecule has 4 rings (SSSR count). The first-order valence-corrected chi connectivity index (χ1v) is 9.93. The minimum absolute atomic E-state index is 0.0353. The van der Waals surface area contributed by atoms with Gasteiger partial charge in [0.1, 0.15) is 5.75 Å². The Labute approximate surface area is 175 Å². The number of aromatic nitrogens is 2. The van der Waals surface area contributed by atoms with Crippen LogP contribution in [-0.2, 0) is 16.1 Å². The predicted octanol–water partition coefficient (Wildman–Crippen LogP) is 3.03. The van der Waals surface area contributed by atoms with E-state index in [0.717, 1.165) is 11.3 Å². The van der Waals surface area contributed by atoms with E-state index < -0.39 is 6.10 Å². The largest absolute Gasteiger partial charge is 0.479 e. The van der Waals surface area contributed by atoms with E-state index in [0.29, 0.717) is 24.5 Å². The lowest BCUT2D eigenvalue weighted by atomic mass is 10.1. The topological polar surface area (TPSA) is 67.7 Å². The molecule has 0 saturated carbocycles. The number of para-hydroxylation sites is 3. The lowest BCUT2D eigenvalue weighted by molar-refractivity contribution is -0.130. The Morgan fingerprint density at radius 3 is 2.67 bits per heavy atom. The summed E-state index contributed by atoms with van der Waals surface area (Å²) in [5.74, 6) is 0.499. The molecular weight excluding hydrogens is 380 g/mol. The highest BCUT2D eigenvalue weighted by Crippen LogP contribution is 2.33. The second-order valence-corrected chi connectivity index (χ2v) is 7.35. The second kappa shape index (κ2) is 8.41. The zero-order chi connectivity index (χ0) is 21.1. The number of fused-ring (bicyclic) bond motifs is 1. The second-order valence-electron chi connectivity index (χ2n) is 7.35. The van der Waals surface area contributed by atoms with Crippen molar-refractivity contribution in [2.24, 2.45) is 0 Å². The van der Waals surface area contributed by atoms with Gasteiger partial charge in [0.2, 0.25) is 5.91 Å². The number of amides is 2. The number of rotatable bonds is 6. The minimum atomic E-state index is -0.559. The average molecular weight is 404 g/mol. The van der Waals surface area contributed by atoms with Gasteiger partial charge in [-0.2, -0.15) is 5.10 Å². The van der Waals surface area contributed by atoms with E-state index in [1.165, 1.54) is 0 Å². The van der Waals surface area contributed by atoms with Crippen LogP contribution >= 0.6 is 0 Å². The highest BCUT2D eigenvalue weighted by atomic mass is 16.5. The van der Waals surface area contributed by atoms with E-state index in [9.17, 15) is 9.59 Å². The molecule has 0 bridgehead atoms.